The fourth-order valence-electron chi connectivity index (χ4n) is 1.19. The second kappa shape index (κ2) is 5.46. The van der Waals surface area contributed by atoms with Gasteiger partial charge in [-0.15, -0.1) is 0 Å². The standard InChI is InChI=1S/C11H13N3OS/c12-9-1-3-10(4-2-9)15-7-8-16-11-13-5-6-14-11/h1-6H,7-8,12H2,(H,13,14). The number of nitrogens with one attached hydrogen (secondary N) is 1. The number of benzene rings is 1. The second-order valence-corrected chi connectivity index (χ2v) is 4.24. The van der Waals surface area contributed by atoms with Gasteiger partial charge in [0, 0.05) is 23.8 Å². The minimum atomic E-state index is 0.648. The zero-order chi connectivity index (χ0) is 11.2. The summed E-state index contributed by atoms with van der Waals surface area (Å²) in [4.78, 5) is 7.13. The normalized spacial score (nSPS) is 10.2. The van der Waals surface area contributed by atoms with Crippen LogP contribution >= 0.6 is 11.8 Å². The Labute approximate surface area is 98.2 Å². The third-order valence-electron chi connectivity index (χ3n) is 1.94. The number of hydrogen-bond donors (Lipinski definition) is 2. The van der Waals surface area contributed by atoms with Crippen LogP contribution < -0.4 is 10.5 Å². The van der Waals surface area contributed by atoms with Gasteiger partial charge in [0.25, 0.3) is 0 Å². The molecule has 2 aromatic rings. The summed E-state index contributed by atoms with van der Waals surface area (Å²) in [6.07, 6.45) is 3.55. The van der Waals surface area contributed by atoms with E-state index in [2.05, 4.69) is 9.97 Å². The number of aromatic amines is 1. The molecule has 3 N–H and O–H groups in total. The first-order valence-corrected chi connectivity index (χ1v) is 5.94. The lowest BCUT2D eigenvalue weighted by Crippen LogP contribution is -2.00. The van der Waals surface area contributed by atoms with Gasteiger partial charge in [0.2, 0.25) is 0 Å². The van der Waals surface area contributed by atoms with Gasteiger partial charge in [-0.3, -0.25) is 0 Å². The zero-order valence-electron chi connectivity index (χ0n) is 8.72. The molecule has 0 amide bonds. The number of nitrogens with two attached hydrogens (primary N) is 1. The summed E-state index contributed by atoms with van der Waals surface area (Å²) in [6.45, 7) is 0.648. The first kappa shape index (κ1) is 10.9. The van der Waals surface area contributed by atoms with Gasteiger partial charge in [0.15, 0.2) is 5.16 Å². The maximum absolute atomic E-state index is 5.57. The number of imidazole rings is 1. The molecule has 0 atom stereocenters. The van der Waals surface area contributed by atoms with Crippen LogP contribution in [-0.2, 0) is 0 Å². The molecule has 0 aliphatic heterocycles. The van der Waals surface area contributed by atoms with Crippen molar-refractivity contribution < 1.29 is 4.74 Å². The Morgan fingerprint density at radius 3 is 2.81 bits per heavy atom. The van der Waals surface area contributed by atoms with Gasteiger partial charge >= 0.3 is 0 Å². The van der Waals surface area contributed by atoms with Crippen molar-refractivity contribution in [3.8, 4) is 5.75 Å². The van der Waals surface area contributed by atoms with E-state index in [0.717, 1.165) is 22.3 Å². The SMILES string of the molecule is Nc1ccc(OCCSc2ncc[nH]2)cc1. The van der Waals surface area contributed by atoms with Gasteiger partial charge in [-0.2, -0.15) is 0 Å². The van der Waals surface area contributed by atoms with Crippen LogP contribution in [0.3, 0.4) is 0 Å². The van der Waals surface area contributed by atoms with Crippen molar-refractivity contribution in [1.29, 1.82) is 0 Å². The van der Waals surface area contributed by atoms with E-state index in [1.807, 2.05) is 30.5 Å². The summed E-state index contributed by atoms with van der Waals surface area (Å²) < 4.78 is 5.54. The van der Waals surface area contributed by atoms with Gasteiger partial charge < -0.3 is 15.5 Å². The van der Waals surface area contributed by atoms with Crippen LogP contribution in [0.15, 0.2) is 41.8 Å². The Hall–Kier alpha value is -1.62. The third-order valence-corrected chi connectivity index (χ3v) is 2.81. The molecule has 84 valence electrons. The molecule has 1 aromatic carbocycles. The number of rotatable bonds is 5. The lowest BCUT2D eigenvalue weighted by Gasteiger charge is -2.05. The minimum absolute atomic E-state index is 0.648. The van der Waals surface area contributed by atoms with Gasteiger partial charge in [-0.1, -0.05) is 11.8 Å². The Morgan fingerprint density at radius 2 is 2.12 bits per heavy atom. The van der Waals surface area contributed by atoms with Gasteiger partial charge in [0.1, 0.15) is 5.75 Å². The molecule has 0 spiro atoms. The average Bonchev–Trinajstić information content (AvgIpc) is 2.80. The lowest BCUT2D eigenvalue weighted by atomic mass is 10.3. The predicted molar refractivity (Wildman–Crippen MR) is 65.7 cm³/mol. The van der Waals surface area contributed by atoms with Crippen LogP contribution in [0.25, 0.3) is 0 Å². The van der Waals surface area contributed by atoms with E-state index in [0.29, 0.717) is 6.61 Å². The van der Waals surface area contributed by atoms with Gasteiger partial charge in [-0.05, 0) is 24.3 Å². The average molecular weight is 235 g/mol. The summed E-state index contributed by atoms with van der Waals surface area (Å²) >= 11 is 1.63. The van der Waals surface area contributed by atoms with E-state index in [4.69, 9.17) is 10.5 Å². The van der Waals surface area contributed by atoms with Crippen LogP contribution in [0.2, 0.25) is 0 Å². The Balaban J connectivity index is 1.70. The highest BCUT2D eigenvalue weighted by atomic mass is 32.2. The number of nitrogens with zero attached hydrogens (tertiary/aromatic N) is 1. The summed E-state index contributed by atoms with van der Waals surface area (Å²) in [7, 11) is 0. The number of hydrogen-bond acceptors (Lipinski definition) is 4. The van der Waals surface area contributed by atoms with Crippen molar-refractivity contribution in [3.63, 3.8) is 0 Å². The molecule has 1 heterocycles. The van der Waals surface area contributed by atoms with E-state index in [9.17, 15) is 0 Å². The first-order chi connectivity index (χ1) is 7.84. The van der Waals surface area contributed by atoms with E-state index >= 15 is 0 Å². The highest BCUT2D eigenvalue weighted by Crippen LogP contribution is 2.15. The van der Waals surface area contributed by atoms with E-state index < -0.39 is 0 Å². The molecule has 0 aliphatic carbocycles. The monoisotopic (exact) mass is 235 g/mol. The minimum Gasteiger partial charge on any atom is -0.493 e. The Kier molecular flexibility index (Phi) is 3.71. The van der Waals surface area contributed by atoms with Crippen molar-refractivity contribution in [2.24, 2.45) is 0 Å². The number of thioether (sulfide) groups is 1. The van der Waals surface area contributed by atoms with E-state index in [1.165, 1.54) is 0 Å². The van der Waals surface area contributed by atoms with Crippen LogP contribution in [0, 0.1) is 0 Å². The topological polar surface area (TPSA) is 63.9 Å². The molecule has 0 bridgehead atoms. The summed E-state index contributed by atoms with van der Waals surface area (Å²) in [6, 6.07) is 7.39. The van der Waals surface area contributed by atoms with Crippen molar-refractivity contribution >= 4 is 17.4 Å². The lowest BCUT2D eigenvalue weighted by molar-refractivity contribution is 0.344. The van der Waals surface area contributed by atoms with Gasteiger partial charge in [-0.25, -0.2) is 4.98 Å². The van der Waals surface area contributed by atoms with Crippen molar-refractivity contribution in [2.45, 2.75) is 5.16 Å². The Bertz CT molecular complexity index is 413. The molecule has 2 rings (SSSR count). The van der Waals surface area contributed by atoms with Gasteiger partial charge in [0.05, 0.1) is 6.61 Å². The Morgan fingerprint density at radius 1 is 1.31 bits per heavy atom. The molecule has 1 aromatic heterocycles. The zero-order valence-corrected chi connectivity index (χ0v) is 9.54. The largest absolute Gasteiger partial charge is 0.493 e. The summed E-state index contributed by atoms with van der Waals surface area (Å²) in [5, 5.41) is 0.918. The van der Waals surface area contributed by atoms with Crippen molar-refractivity contribution in [3.05, 3.63) is 36.7 Å². The highest BCUT2D eigenvalue weighted by molar-refractivity contribution is 7.99. The molecule has 0 radical (unpaired) electrons. The maximum atomic E-state index is 5.57. The second-order valence-electron chi connectivity index (χ2n) is 3.16. The number of ether oxygens (including phenoxy) is 1. The van der Waals surface area contributed by atoms with Crippen LogP contribution in [-0.4, -0.2) is 22.3 Å². The summed E-state index contributed by atoms with van der Waals surface area (Å²) in [5.74, 6) is 1.70. The van der Waals surface area contributed by atoms with Crippen molar-refractivity contribution in [2.75, 3.05) is 18.1 Å². The van der Waals surface area contributed by atoms with Crippen molar-refractivity contribution in [1.82, 2.24) is 9.97 Å². The molecule has 0 saturated carbocycles. The third kappa shape index (κ3) is 3.20. The van der Waals surface area contributed by atoms with Crippen LogP contribution in [0.1, 0.15) is 0 Å². The fourth-order valence-corrected chi connectivity index (χ4v) is 1.84. The molecule has 0 saturated heterocycles. The predicted octanol–water partition coefficient (Wildman–Crippen LogP) is 2.16. The maximum Gasteiger partial charge on any atom is 0.165 e. The molecule has 0 fully saturated rings. The quantitative estimate of drug-likeness (QED) is 0.473. The summed E-state index contributed by atoms with van der Waals surface area (Å²) in [5.41, 5.74) is 6.32. The molecular weight excluding hydrogens is 222 g/mol. The van der Waals surface area contributed by atoms with E-state index in [-0.39, 0.29) is 0 Å². The van der Waals surface area contributed by atoms with E-state index in [1.54, 1.807) is 18.0 Å². The first-order valence-electron chi connectivity index (χ1n) is 4.95. The smallest absolute Gasteiger partial charge is 0.165 e. The molecule has 0 unspecified atom stereocenters. The molecular formula is C11H13N3OS. The molecule has 4 nitrogen and oxygen atoms in total. The molecule has 0 aliphatic rings. The van der Waals surface area contributed by atoms with Crippen LogP contribution in [0.4, 0.5) is 5.69 Å². The molecule has 5 heteroatoms. The molecule has 16 heavy (non-hydrogen) atoms. The number of anilines is 1. The highest BCUT2D eigenvalue weighted by Gasteiger charge is 1.96. The fraction of sp³-hybridized carbons (Fsp3) is 0.182. The number of aromatic nitrogens is 2. The van der Waals surface area contributed by atoms with Crippen LogP contribution in [0.5, 0.6) is 5.75 Å². The number of H-pyrrole nitrogens is 1. The number of nitrogen functional groups attached to an aromatic ring is 1.